The van der Waals surface area contributed by atoms with E-state index in [2.05, 4.69) is 11.7 Å². The first-order chi connectivity index (χ1) is 7.19. The fraction of sp³-hybridized carbons (Fsp3) is 0.818. The summed E-state index contributed by atoms with van der Waals surface area (Å²) in [5.41, 5.74) is 0. The van der Waals surface area contributed by atoms with E-state index in [1.807, 2.05) is 4.90 Å². The molecule has 4 heteroatoms. The van der Waals surface area contributed by atoms with Gasteiger partial charge in [-0.1, -0.05) is 6.92 Å². The molecule has 1 heterocycles. The second kappa shape index (κ2) is 5.73. The Labute approximate surface area is 90.6 Å². The highest BCUT2D eigenvalue weighted by Gasteiger charge is 2.30. The lowest BCUT2D eigenvalue weighted by molar-refractivity contribution is -0.141. The normalized spacial score (nSPS) is 20.8. The lowest BCUT2D eigenvalue weighted by Gasteiger charge is -2.23. The molecule has 1 saturated heterocycles. The van der Waals surface area contributed by atoms with Crippen molar-refractivity contribution in [3.8, 4) is 0 Å². The zero-order chi connectivity index (χ0) is 11.3. The lowest BCUT2D eigenvalue weighted by Crippen LogP contribution is -2.34. The van der Waals surface area contributed by atoms with Gasteiger partial charge in [-0.3, -0.25) is 9.59 Å². The molecular weight excluding hydrogens is 194 g/mol. The molecule has 0 aliphatic carbocycles. The van der Waals surface area contributed by atoms with E-state index in [1.165, 1.54) is 7.11 Å². The minimum Gasteiger partial charge on any atom is -0.469 e. The van der Waals surface area contributed by atoms with Crippen LogP contribution in [0, 0.1) is 0 Å². The number of methoxy groups -OCH3 is 1. The molecule has 0 N–H and O–H groups in total. The fourth-order valence-electron chi connectivity index (χ4n) is 2.03. The maximum atomic E-state index is 11.5. The van der Waals surface area contributed by atoms with Crippen molar-refractivity contribution in [2.24, 2.45) is 0 Å². The van der Waals surface area contributed by atoms with E-state index in [1.54, 1.807) is 0 Å². The Morgan fingerprint density at radius 2 is 2.33 bits per heavy atom. The maximum Gasteiger partial charge on any atom is 0.305 e. The summed E-state index contributed by atoms with van der Waals surface area (Å²) in [6.45, 7) is 2.87. The molecule has 4 nitrogen and oxygen atoms in total. The predicted octanol–water partition coefficient (Wildman–Crippen LogP) is 1.34. The number of esters is 1. The van der Waals surface area contributed by atoms with Gasteiger partial charge in [-0.25, -0.2) is 0 Å². The van der Waals surface area contributed by atoms with Gasteiger partial charge < -0.3 is 9.64 Å². The second-order valence-electron chi connectivity index (χ2n) is 3.89. The molecule has 1 unspecified atom stereocenters. The van der Waals surface area contributed by atoms with Crippen molar-refractivity contribution in [1.82, 2.24) is 4.90 Å². The van der Waals surface area contributed by atoms with Gasteiger partial charge in [0, 0.05) is 25.4 Å². The maximum absolute atomic E-state index is 11.5. The van der Waals surface area contributed by atoms with E-state index in [9.17, 15) is 9.59 Å². The van der Waals surface area contributed by atoms with Crippen molar-refractivity contribution in [2.75, 3.05) is 13.7 Å². The van der Waals surface area contributed by atoms with Gasteiger partial charge in [-0.15, -0.1) is 0 Å². The molecule has 0 aromatic carbocycles. The van der Waals surface area contributed by atoms with Gasteiger partial charge in [0.1, 0.15) is 0 Å². The fourth-order valence-corrected chi connectivity index (χ4v) is 2.03. The van der Waals surface area contributed by atoms with Gasteiger partial charge in [-0.05, 0) is 19.3 Å². The molecule has 1 aliphatic rings. The summed E-state index contributed by atoms with van der Waals surface area (Å²) in [5.74, 6) is 0.0394. The van der Waals surface area contributed by atoms with Crippen molar-refractivity contribution < 1.29 is 14.3 Å². The van der Waals surface area contributed by atoms with Gasteiger partial charge in [0.25, 0.3) is 0 Å². The van der Waals surface area contributed by atoms with Crippen molar-refractivity contribution >= 4 is 11.9 Å². The van der Waals surface area contributed by atoms with E-state index in [4.69, 9.17) is 0 Å². The highest BCUT2D eigenvalue weighted by atomic mass is 16.5. The van der Waals surface area contributed by atoms with Crippen LogP contribution < -0.4 is 0 Å². The zero-order valence-corrected chi connectivity index (χ0v) is 9.49. The van der Waals surface area contributed by atoms with Crippen LogP contribution in [-0.2, 0) is 14.3 Å². The number of carbonyl (C=O) groups is 2. The summed E-state index contributed by atoms with van der Waals surface area (Å²) in [6, 6.07) is 0.247. The minimum atomic E-state index is -0.189. The van der Waals surface area contributed by atoms with E-state index in [0.29, 0.717) is 12.8 Å². The Hall–Kier alpha value is -1.06. The third-order valence-corrected chi connectivity index (χ3v) is 2.83. The van der Waals surface area contributed by atoms with Crippen LogP contribution in [0.4, 0.5) is 0 Å². The van der Waals surface area contributed by atoms with Crippen LogP contribution in [0.1, 0.15) is 39.0 Å². The first kappa shape index (κ1) is 12.0. The number of rotatable bonds is 5. The van der Waals surface area contributed by atoms with Crippen LogP contribution in [0.15, 0.2) is 0 Å². The molecule has 15 heavy (non-hydrogen) atoms. The summed E-state index contributed by atoms with van der Waals surface area (Å²) in [4.78, 5) is 24.4. The van der Waals surface area contributed by atoms with Crippen molar-refractivity contribution in [2.45, 2.75) is 45.1 Å². The highest BCUT2D eigenvalue weighted by molar-refractivity contribution is 5.79. The molecule has 86 valence electrons. The van der Waals surface area contributed by atoms with Gasteiger partial charge in [-0.2, -0.15) is 0 Å². The van der Waals surface area contributed by atoms with Gasteiger partial charge in [0.05, 0.1) is 7.11 Å². The molecule has 1 amide bonds. The Bertz CT molecular complexity index is 240. The summed E-state index contributed by atoms with van der Waals surface area (Å²) in [5, 5.41) is 0. The molecule has 0 saturated carbocycles. The third-order valence-electron chi connectivity index (χ3n) is 2.83. The number of likely N-dealkylation sites (tertiary alicyclic amines) is 1. The van der Waals surface area contributed by atoms with Crippen LogP contribution in [0.2, 0.25) is 0 Å². The Morgan fingerprint density at radius 3 is 2.93 bits per heavy atom. The monoisotopic (exact) mass is 213 g/mol. The number of carbonyl (C=O) groups excluding carboxylic acids is 2. The van der Waals surface area contributed by atoms with E-state index in [-0.39, 0.29) is 17.9 Å². The molecule has 0 spiro atoms. The second-order valence-corrected chi connectivity index (χ2v) is 3.89. The Balaban J connectivity index is 2.40. The summed E-state index contributed by atoms with van der Waals surface area (Å²) in [7, 11) is 1.39. The van der Waals surface area contributed by atoms with Crippen LogP contribution in [0.5, 0.6) is 0 Å². The molecule has 1 aliphatic heterocycles. The zero-order valence-electron chi connectivity index (χ0n) is 9.49. The molecule has 1 fully saturated rings. The molecule has 1 rings (SSSR count). The SMILES string of the molecule is CCCN1C(=O)CCC1CCC(=O)OC. The van der Waals surface area contributed by atoms with Crippen LogP contribution in [-0.4, -0.2) is 36.5 Å². The van der Waals surface area contributed by atoms with E-state index < -0.39 is 0 Å². The highest BCUT2D eigenvalue weighted by Crippen LogP contribution is 2.22. The summed E-state index contributed by atoms with van der Waals surface area (Å²) >= 11 is 0. The Morgan fingerprint density at radius 1 is 1.60 bits per heavy atom. The first-order valence-corrected chi connectivity index (χ1v) is 5.55. The smallest absolute Gasteiger partial charge is 0.305 e. The number of hydrogen-bond acceptors (Lipinski definition) is 3. The molecule has 0 bridgehead atoms. The molecule has 1 atom stereocenters. The number of nitrogens with zero attached hydrogens (tertiary/aromatic N) is 1. The minimum absolute atomic E-state index is 0.189. The van der Waals surface area contributed by atoms with E-state index in [0.717, 1.165) is 25.8 Å². The quantitative estimate of drug-likeness (QED) is 0.647. The van der Waals surface area contributed by atoms with Gasteiger partial charge in [0.15, 0.2) is 0 Å². The largest absolute Gasteiger partial charge is 0.469 e. The van der Waals surface area contributed by atoms with Gasteiger partial charge >= 0.3 is 5.97 Å². The topological polar surface area (TPSA) is 46.6 Å². The van der Waals surface area contributed by atoms with Gasteiger partial charge in [0.2, 0.25) is 5.91 Å². The standard InChI is InChI=1S/C11H19NO3/c1-3-8-12-9(4-6-10(12)13)5-7-11(14)15-2/h9H,3-8H2,1-2H3. The molecule has 0 radical (unpaired) electrons. The van der Waals surface area contributed by atoms with Crippen LogP contribution in [0.25, 0.3) is 0 Å². The molecular formula is C11H19NO3. The van der Waals surface area contributed by atoms with Crippen molar-refractivity contribution in [1.29, 1.82) is 0 Å². The van der Waals surface area contributed by atoms with Crippen LogP contribution >= 0.6 is 0 Å². The van der Waals surface area contributed by atoms with Crippen LogP contribution in [0.3, 0.4) is 0 Å². The van der Waals surface area contributed by atoms with Crippen molar-refractivity contribution in [3.05, 3.63) is 0 Å². The van der Waals surface area contributed by atoms with Crippen molar-refractivity contribution in [3.63, 3.8) is 0 Å². The summed E-state index contributed by atoms with van der Waals surface area (Å²) < 4.78 is 4.59. The molecule has 0 aromatic heterocycles. The predicted molar refractivity (Wildman–Crippen MR) is 56.3 cm³/mol. The summed E-state index contributed by atoms with van der Waals surface area (Å²) in [6.07, 6.45) is 3.63. The number of hydrogen-bond donors (Lipinski definition) is 0. The lowest BCUT2D eigenvalue weighted by atomic mass is 10.1. The third kappa shape index (κ3) is 3.22. The Kier molecular flexibility index (Phi) is 4.59. The molecule has 0 aromatic rings. The first-order valence-electron chi connectivity index (χ1n) is 5.55. The average Bonchev–Trinajstić information content (AvgIpc) is 2.58. The number of ether oxygens (including phenoxy) is 1. The van der Waals surface area contributed by atoms with E-state index >= 15 is 0 Å². The number of amides is 1. The average molecular weight is 213 g/mol.